The number of hydrogen-bond donors (Lipinski definition) is 1. The molecule has 2 saturated heterocycles. The van der Waals surface area contributed by atoms with Crippen molar-refractivity contribution in [2.45, 2.75) is 55.4 Å². The van der Waals surface area contributed by atoms with E-state index in [1.165, 1.54) is 6.20 Å². The molecule has 1 aromatic heterocycles. The second kappa shape index (κ2) is 14.7. The number of aromatic nitrogens is 1. The molecule has 0 bridgehead atoms. The minimum absolute atomic E-state index is 0.127. The van der Waals surface area contributed by atoms with Crippen LogP contribution in [0.25, 0.3) is 10.9 Å². The molecular weight excluding hydrogens is 580 g/mol. The smallest absolute Gasteiger partial charge is 0.338 e. The summed E-state index contributed by atoms with van der Waals surface area (Å²) in [5.41, 5.74) is 1.56. The van der Waals surface area contributed by atoms with Gasteiger partial charge in [-0.15, -0.1) is 0 Å². The van der Waals surface area contributed by atoms with Gasteiger partial charge in [0.15, 0.2) is 0 Å². The molecule has 2 aromatic carbocycles. The minimum Gasteiger partial charge on any atom is -0.494 e. The lowest BCUT2D eigenvalue weighted by atomic mass is 10.0. The lowest BCUT2D eigenvalue weighted by molar-refractivity contribution is 0.0526. The number of nitrogens with zero attached hydrogens (tertiary/aromatic N) is 4. The van der Waals surface area contributed by atoms with E-state index in [1.807, 2.05) is 0 Å². The number of piperidine rings is 1. The Balaban J connectivity index is 1.46. The predicted octanol–water partition coefficient (Wildman–Crippen LogP) is 4.00. The number of β-amino-alcohol motifs (C(OH)–C–C–N with tert-alkyl or cyclic N) is 1. The van der Waals surface area contributed by atoms with Crippen molar-refractivity contribution >= 4 is 32.4 Å². The summed E-state index contributed by atoms with van der Waals surface area (Å²) in [5.74, 6) is 0.180. The minimum atomic E-state index is -3.95. The summed E-state index contributed by atoms with van der Waals surface area (Å²) in [6.45, 7) is 10.7. The van der Waals surface area contributed by atoms with Crippen molar-refractivity contribution in [1.82, 2.24) is 14.8 Å². The Bertz CT molecular complexity index is 1520. The van der Waals surface area contributed by atoms with E-state index in [-0.39, 0.29) is 23.0 Å². The van der Waals surface area contributed by atoms with Crippen molar-refractivity contribution in [3.05, 3.63) is 54.2 Å². The number of sulfone groups is 1. The maximum absolute atomic E-state index is 14.2. The number of piperazine rings is 1. The van der Waals surface area contributed by atoms with E-state index in [0.29, 0.717) is 60.2 Å². The summed E-state index contributed by atoms with van der Waals surface area (Å²) in [6.07, 6.45) is 5.18. The number of aliphatic hydroxyl groups is 1. The molecule has 10 nitrogen and oxygen atoms in total. The Morgan fingerprint density at radius 3 is 2.39 bits per heavy atom. The standard InChI is InChI=1S/C33H44N4O6S/c1-3-5-22-43-27-7-9-28(10-8-27)44(40,41)31-24-34-30-11-6-25(33(39)42-4-2)23-29(30)32(31)37-14-12-26(13-15-37)36-18-16-35(17-19-36)20-21-38/h6-11,23-24,26,38H,3-5,12-22H2,1-2H3. The third-order valence-electron chi connectivity index (χ3n) is 8.63. The highest BCUT2D eigenvalue weighted by Crippen LogP contribution is 2.38. The highest BCUT2D eigenvalue weighted by Gasteiger charge is 2.32. The summed E-state index contributed by atoms with van der Waals surface area (Å²) in [4.78, 5) is 24.5. The van der Waals surface area contributed by atoms with Crippen LogP contribution in [0.15, 0.2) is 58.5 Å². The van der Waals surface area contributed by atoms with Gasteiger partial charge < -0.3 is 19.5 Å². The zero-order valence-electron chi connectivity index (χ0n) is 25.8. The average Bonchev–Trinajstić information content (AvgIpc) is 3.05. The average molecular weight is 625 g/mol. The molecule has 2 fully saturated rings. The number of unbranched alkanes of at least 4 members (excludes halogenated alkanes) is 1. The molecule has 0 spiro atoms. The molecule has 0 saturated carbocycles. The zero-order chi connectivity index (χ0) is 31.1. The van der Waals surface area contributed by atoms with Gasteiger partial charge in [-0.25, -0.2) is 13.2 Å². The number of rotatable bonds is 12. The number of aliphatic hydroxyl groups excluding tert-OH is 1. The van der Waals surface area contributed by atoms with Crippen LogP contribution in [0, 0.1) is 0 Å². The Kier molecular flexibility index (Phi) is 10.7. The molecule has 0 unspecified atom stereocenters. The number of carbonyl (C=O) groups is 1. The molecule has 44 heavy (non-hydrogen) atoms. The second-order valence-corrected chi connectivity index (χ2v) is 13.3. The number of ether oxygens (including phenoxy) is 2. The Labute approximate surface area is 260 Å². The monoisotopic (exact) mass is 624 g/mol. The number of esters is 1. The summed E-state index contributed by atoms with van der Waals surface area (Å²) >= 11 is 0. The summed E-state index contributed by atoms with van der Waals surface area (Å²) in [7, 11) is -3.95. The quantitative estimate of drug-likeness (QED) is 0.234. The maximum Gasteiger partial charge on any atom is 0.338 e. The van der Waals surface area contributed by atoms with Crippen LogP contribution >= 0.6 is 0 Å². The van der Waals surface area contributed by atoms with Gasteiger partial charge in [-0.1, -0.05) is 13.3 Å². The Morgan fingerprint density at radius 2 is 1.73 bits per heavy atom. The highest BCUT2D eigenvalue weighted by atomic mass is 32.2. The van der Waals surface area contributed by atoms with Crippen LogP contribution in [-0.2, 0) is 14.6 Å². The van der Waals surface area contributed by atoms with Crippen LogP contribution in [0.5, 0.6) is 5.75 Å². The number of anilines is 1. The van der Waals surface area contributed by atoms with Crippen LogP contribution in [0.3, 0.4) is 0 Å². The van der Waals surface area contributed by atoms with Crippen LogP contribution in [0.2, 0.25) is 0 Å². The lowest BCUT2D eigenvalue weighted by Crippen LogP contribution is -2.53. The molecule has 238 valence electrons. The molecule has 0 amide bonds. The molecule has 5 rings (SSSR count). The first-order chi connectivity index (χ1) is 21.3. The van der Waals surface area contributed by atoms with E-state index in [0.717, 1.165) is 51.9 Å². The van der Waals surface area contributed by atoms with Crippen LogP contribution in [-0.4, -0.2) is 106 Å². The van der Waals surface area contributed by atoms with Crippen molar-refractivity contribution in [3.63, 3.8) is 0 Å². The third kappa shape index (κ3) is 7.17. The number of fused-ring (bicyclic) bond motifs is 1. The summed E-state index contributed by atoms with van der Waals surface area (Å²) < 4.78 is 39.4. The van der Waals surface area contributed by atoms with Crippen LogP contribution in [0.4, 0.5) is 5.69 Å². The molecule has 0 radical (unpaired) electrons. The number of hydrogen-bond acceptors (Lipinski definition) is 10. The summed E-state index contributed by atoms with van der Waals surface area (Å²) in [6, 6.07) is 12.1. The van der Waals surface area contributed by atoms with E-state index >= 15 is 0 Å². The first-order valence-corrected chi connectivity index (χ1v) is 17.2. The van der Waals surface area contributed by atoms with Gasteiger partial charge in [0.25, 0.3) is 0 Å². The SMILES string of the molecule is CCCCOc1ccc(S(=O)(=O)c2cnc3ccc(C(=O)OCC)cc3c2N2CCC(N3CCN(CCO)CC3)CC2)cc1. The normalized spacial score (nSPS) is 17.2. The van der Waals surface area contributed by atoms with Gasteiger partial charge in [-0.2, -0.15) is 0 Å². The topological polar surface area (TPSA) is 113 Å². The van der Waals surface area contributed by atoms with Crippen molar-refractivity contribution < 1.29 is 27.8 Å². The molecular formula is C33H44N4O6S. The lowest BCUT2D eigenvalue weighted by Gasteiger charge is -2.43. The predicted molar refractivity (Wildman–Crippen MR) is 170 cm³/mol. The van der Waals surface area contributed by atoms with E-state index < -0.39 is 15.8 Å². The molecule has 3 heterocycles. The van der Waals surface area contributed by atoms with Gasteiger partial charge in [0, 0.05) is 63.4 Å². The first-order valence-electron chi connectivity index (χ1n) is 15.8. The number of carbonyl (C=O) groups excluding carboxylic acids is 1. The number of pyridine rings is 1. The third-order valence-corrected chi connectivity index (χ3v) is 10.4. The molecule has 0 aliphatic carbocycles. The molecule has 0 atom stereocenters. The van der Waals surface area contributed by atoms with E-state index in [9.17, 15) is 18.3 Å². The largest absolute Gasteiger partial charge is 0.494 e. The van der Waals surface area contributed by atoms with Crippen molar-refractivity contribution in [2.24, 2.45) is 0 Å². The van der Waals surface area contributed by atoms with E-state index in [1.54, 1.807) is 49.4 Å². The molecule has 11 heteroatoms. The first kappa shape index (κ1) is 32.2. The van der Waals surface area contributed by atoms with Gasteiger partial charge in [0.2, 0.25) is 9.84 Å². The van der Waals surface area contributed by atoms with Gasteiger partial charge in [0.05, 0.1) is 41.5 Å². The molecule has 2 aliphatic heterocycles. The van der Waals surface area contributed by atoms with Gasteiger partial charge in [0.1, 0.15) is 10.6 Å². The Hall–Kier alpha value is -3.25. The molecule has 2 aliphatic rings. The maximum atomic E-state index is 14.2. The zero-order valence-corrected chi connectivity index (χ0v) is 26.6. The van der Waals surface area contributed by atoms with Crippen molar-refractivity contribution in [2.75, 3.05) is 70.5 Å². The van der Waals surface area contributed by atoms with Gasteiger partial charge in [-0.3, -0.25) is 14.8 Å². The number of benzene rings is 2. The second-order valence-electron chi connectivity index (χ2n) is 11.4. The van der Waals surface area contributed by atoms with E-state index in [2.05, 4.69) is 26.6 Å². The fraction of sp³-hybridized carbons (Fsp3) is 0.515. The van der Waals surface area contributed by atoms with Gasteiger partial charge in [-0.05, 0) is 68.7 Å². The van der Waals surface area contributed by atoms with Crippen molar-refractivity contribution in [1.29, 1.82) is 0 Å². The van der Waals surface area contributed by atoms with Crippen LogP contribution in [0.1, 0.15) is 49.9 Å². The fourth-order valence-corrected chi connectivity index (χ4v) is 7.58. The van der Waals surface area contributed by atoms with E-state index in [4.69, 9.17) is 9.47 Å². The Morgan fingerprint density at radius 1 is 1.00 bits per heavy atom. The summed E-state index contributed by atoms with van der Waals surface area (Å²) in [5, 5.41) is 9.90. The van der Waals surface area contributed by atoms with Gasteiger partial charge >= 0.3 is 5.97 Å². The van der Waals surface area contributed by atoms with Crippen LogP contribution < -0.4 is 9.64 Å². The highest BCUT2D eigenvalue weighted by molar-refractivity contribution is 7.91. The van der Waals surface area contributed by atoms with Crippen molar-refractivity contribution in [3.8, 4) is 5.75 Å². The molecule has 1 N–H and O–H groups in total. The molecule has 3 aromatic rings. The fourth-order valence-electron chi connectivity index (χ4n) is 6.15.